The Bertz CT molecular complexity index is 230. The molecule has 4 heteroatoms. The quantitative estimate of drug-likeness (QED) is 0.628. The molecule has 0 amide bonds. The molecule has 0 spiro atoms. The number of rotatable bonds is 1. The van der Waals surface area contributed by atoms with E-state index in [9.17, 15) is 0 Å². The number of anilines is 1. The van der Waals surface area contributed by atoms with E-state index in [1.807, 2.05) is 6.07 Å². The largest absolute Gasteiger partial charge is 0.354 e. The summed E-state index contributed by atoms with van der Waals surface area (Å²) in [5, 5.41) is 3.30. The molecule has 0 atom stereocenters. The minimum atomic E-state index is 1.03. The van der Waals surface area contributed by atoms with Crippen LogP contribution in [0.1, 0.15) is 0 Å². The van der Waals surface area contributed by atoms with Crippen molar-refractivity contribution in [3.8, 4) is 0 Å². The fourth-order valence-corrected chi connectivity index (χ4v) is 1.36. The van der Waals surface area contributed by atoms with Crippen molar-refractivity contribution < 1.29 is 0 Å². The van der Waals surface area contributed by atoms with Gasteiger partial charge >= 0.3 is 0 Å². The molecule has 1 N–H and O–H groups in total. The van der Waals surface area contributed by atoms with Gasteiger partial charge in [0.15, 0.2) is 0 Å². The van der Waals surface area contributed by atoms with Gasteiger partial charge in [0.1, 0.15) is 12.1 Å². The molecule has 12 heavy (non-hydrogen) atoms. The van der Waals surface area contributed by atoms with Gasteiger partial charge in [0.05, 0.1) is 0 Å². The minimum absolute atomic E-state index is 1.03. The Kier molecular flexibility index (Phi) is 2.18. The fraction of sp³-hybridized carbons (Fsp3) is 0.500. The summed E-state index contributed by atoms with van der Waals surface area (Å²) in [4.78, 5) is 10.3. The third-order valence-corrected chi connectivity index (χ3v) is 2.01. The Morgan fingerprint density at radius 2 is 2.17 bits per heavy atom. The molecule has 64 valence electrons. The molecule has 1 aromatic rings. The lowest BCUT2D eigenvalue weighted by Crippen LogP contribution is -2.43. The summed E-state index contributed by atoms with van der Waals surface area (Å²) in [5.74, 6) is 1.03. The highest BCUT2D eigenvalue weighted by molar-refractivity contribution is 5.36. The topological polar surface area (TPSA) is 41.0 Å². The van der Waals surface area contributed by atoms with Crippen molar-refractivity contribution in [3.63, 3.8) is 0 Å². The van der Waals surface area contributed by atoms with Crippen molar-refractivity contribution >= 4 is 5.82 Å². The Hall–Kier alpha value is -1.16. The smallest absolute Gasteiger partial charge is 0.131 e. The summed E-state index contributed by atoms with van der Waals surface area (Å²) in [5.41, 5.74) is 0. The number of nitrogens with one attached hydrogen (secondary N) is 1. The Morgan fingerprint density at radius 3 is 2.83 bits per heavy atom. The van der Waals surface area contributed by atoms with Gasteiger partial charge in [-0.25, -0.2) is 9.97 Å². The SMILES string of the molecule is c1cc(N2CCNCC2)ncn1. The minimum Gasteiger partial charge on any atom is -0.354 e. The van der Waals surface area contributed by atoms with Crippen LogP contribution in [0.2, 0.25) is 0 Å². The van der Waals surface area contributed by atoms with E-state index >= 15 is 0 Å². The summed E-state index contributed by atoms with van der Waals surface area (Å²) in [6.45, 7) is 4.17. The second-order valence-corrected chi connectivity index (χ2v) is 2.80. The Balaban J connectivity index is 2.08. The highest BCUT2D eigenvalue weighted by atomic mass is 15.2. The van der Waals surface area contributed by atoms with E-state index in [0.717, 1.165) is 32.0 Å². The molecule has 0 unspecified atom stereocenters. The first-order valence-corrected chi connectivity index (χ1v) is 4.18. The zero-order valence-corrected chi connectivity index (χ0v) is 6.90. The lowest BCUT2D eigenvalue weighted by Gasteiger charge is -2.27. The summed E-state index contributed by atoms with van der Waals surface area (Å²) in [6, 6.07) is 1.95. The van der Waals surface area contributed by atoms with Gasteiger partial charge in [-0.3, -0.25) is 0 Å². The Labute approximate surface area is 71.6 Å². The summed E-state index contributed by atoms with van der Waals surface area (Å²) >= 11 is 0. The van der Waals surface area contributed by atoms with Crippen LogP contribution >= 0.6 is 0 Å². The van der Waals surface area contributed by atoms with Crippen LogP contribution in [0.3, 0.4) is 0 Å². The van der Waals surface area contributed by atoms with Gasteiger partial charge in [-0.15, -0.1) is 0 Å². The summed E-state index contributed by atoms with van der Waals surface area (Å²) in [6.07, 6.45) is 3.38. The van der Waals surface area contributed by atoms with Crippen LogP contribution in [0.25, 0.3) is 0 Å². The molecule has 1 saturated heterocycles. The lowest BCUT2D eigenvalue weighted by molar-refractivity contribution is 0.584. The predicted molar refractivity (Wildman–Crippen MR) is 47.1 cm³/mol. The van der Waals surface area contributed by atoms with E-state index in [0.29, 0.717) is 0 Å². The van der Waals surface area contributed by atoms with E-state index in [2.05, 4.69) is 20.2 Å². The third kappa shape index (κ3) is 1.53. The number of hydrogen-bond donors (Lipinski definition) is 1. The van der Waals surface area contributed by atoms with Gasteiger partial charge in [0.2, 0.25) is 0 Å². The number of hydrogen-bond acceptors (Lipinski definition) is 4. The molecule has 2 rings (SSSR count). The van der Waals surface area contributed by atoms with Gasteiger partial charge in [0.25, 0.3) is 0 Å². The van der Waals surface area contributed by atoms with Crippen LogP contribution in [0, 0.1) is 0 Å². The second kappa shape index (κ2) is 3.49. The molecule has 0 radical (unpaired) electrons. The number of aromatic nitrogens is 2. The average Bonchev–Trinajstić information content (AvgIpc) is 2.21. The highest BCUT2D eigenvalue weighted by Gasteiger charge is 2.09. The van der Waals surface area contributed by atoms with Gasteiger partial charge in [-0.2, -0.15) is 0 Å². The lowest BCUT2D eigenvalue weighted by atomic mass is 10.3. The monoisotopic (exact) mass is 164 g/mol. The van der Waals surface area contributed by atoms with Crippen molar-refractivity contribution in [2.75, 3.05) is 31.1 Å². The van der Waals surface area contributed by atoms with Crippen LogP contribution in [-0.4, -0.2) is 36.1 Å². The normalized spacial score (nSPS) is 17.8. The third-order valence-electron chi connectivity index (χ3n) is 2.01. The molecule has 1 aliphatic rings. The summed E-state index contributed by atoms with van der Waals surface area (Å²) in [7, 11) is 0. The van der Waals surface area contributed by atoms with Crippen LogP contribution in [-0.2, 0) is 0 Å². The summed E-state index contributed by atoms with van der Waals surface area (Å²) < 4.78 is 0. The van der Waals surface area contributed by atoms with Crippen molar-refractivity contribution in [1.29, 1.82) is 0 Å². The maximum absolute atomic E-state index is 4.19. The maximum atomic E-state index is 4.19. The van der Waals surface area contributed by atoms with E-state index < -0.39 is 0 Å². The standard InChI is InChI=1S/C8H12N4/c1-2-10-7-11-8(1)12-5-3-9-4-6-12/h1-2,7,9H,3-6H2. The predicted octanol–water partition coefficient (Wildman–Crippen LogP) is -0.114. The molecule has 0 bridgehead atoms. The molecular weight excluding hydrogens is 152 g/mol. The highest BCUT2D eigenvalue weighted by Crippen LogP contribution is 2.07. The molecule has 0 aliphatic carbocycles. The molecule has 1 aliphatic heterocycles. The van der Waals surface area contributed by atoms with Crippen LogP contribution < -0.4 is 10.2 Å². The number of nitrogens with zero attached hydrogens (tertiary/aromatic N) is 3. The fourth-order valence-electron chi connectivity index (χ4n) is 1.36. The first-order chi connectivity index (χ1) is 5.97. The van der Waals surface area contributed by atoms with Crippen LogP contribution in [0.4, 0.5) is 5.82 Å². The molecule has 0 saturated carbocycles. The average molecular weight is 164 g/mol. The molecule has 1 aromatic heterocycles. The molecule has 4 nitrogen and oxygen atoms in total. The first kappa shape index (κ1) is 7.49. The second-order valence-electron chi connectivity index (χ2n) is 2.80. The van der Waals surface area contributed by atoms with E-state index in [4.69, 9.17) is 0 Å². The van der Waals surface area contributed by atoms with Gasteiger partial charge in [0, 0.05) is 32.4 Å². The molecular formula is C8H12N4. The van der Waals surface area contributed by atoms with E-state index in [1.165, 1.54) is 0 Å². The van der Waals surface area contributed by atoms with Gasteiger partial charge < -0.3 is 10.2 Å². The Morgan fingerprint density at radius 1 is 1.33 bits per heavy atom. The molecule has 2 heterocycles. The van der Waals surface area contributed by atoms with Crippen LogP contribution in [0.5, 0.6) is 0 Å². The van der Waals surface area contributed by atoms with Crippen molar-refractivity contribution in [3.05, 3.63) is 18.6 Å². The van der Waals surface area contributed by atoms with Crippen molar-refractivity contribution in [2.45, 2.75) is 0 Å². The maximum Gasteiger partial charge on any atom is 0.131 e. The zero-order chi connectivity index (χ0) is 8.23. The van der Waals surface area contributed by atoms with Crippen molar-refractivity contribution in [1.82, 2.24) is 15.3 Å². The van der Waals surface area contributed by atoms with Gasteiger partial charge in [-0.05, 0) is 6.07 Å². The van der Waals surface area contributed by atoms with E-state index in [1.54, 1.807) is 12.5 Å². The first-order valence-electron chi connectivity index (χ1n) is 4.18. The molecule has 1 fully saturated rings. The van der Waals surface area contributed by atoms with Crippen LogP contribution in [0.15, 0.2) is 18.6 Å². The van der Waals surface area contributed by atoms with Gasteiger partial charge in [-0.1, -0.05) is 0 Å². The van der Waals surface area contributed by atoms with E-state index in [-0.39, 0.29) is 0 Å². The number of piperazine rings is 1. The molecule has 0 aromatic carbocycles. The van der Waals surface area contributed by atoms with Crippen molar-refractivity contribution in [2.24, 2.45) is 0 Å². The zero-order valence-electron chi connectivity index (χ0n) is 6.90.